The number of nitrogens with zero attached hydrogens (tertiary/aromatic N) is 1. The van der Waals surface area contributed by atoms with Crippen molar-refractivity contribution in [2.45, 2.75) is 25.7 Å². The molecule has 0 saturated carbocycles. The summed E-state index contributed by atoms with van der Waals surface area (Å²) in [6.45, 7) is 3.94. The Morgan fingerprint density at radius 3 is 2.46 bits per heavy atom. The topological polar surface area (TPSA) is 61.4 Å². The Balaban J connectivity index is 1.42. The molecule has 1 aliphatic heterocycles. The summed E-state index contributed by atoms with van der Waals surface area (Å²) in [5.41, 5.74) is 3.10. The van der Waals surface area contributed by atoms with Gasteiger partial charge in [-0.25, -0.2) is 4.79 Å². The highest BCUT2D eigenvalue weighted by Crippen LogP contribution is 2.27. The van der Waals surface area contributed by atoms with Gasteiger partial charge in [-0.2, -0.15) is 0 Å². The van der Waals surface area contributed by atoms with Crippen LogP contribution in [0, 0.1) is 6.92 Å². The van der Waals surface area contributed by atoms with Crippen LogP contribution in [0.2, 0.25) is 0 Å². The quantitative estimate of drug-likeness (QED) is 0.886. The van der Waals surface area contributed by atoms with E-state index in [0.29, 0.717) is 11.6 Å². The van der Waals surface area contributed by atoms with Gasteiger partial charge in [0.25, 0.3) is 0 Å². The summed E-state index contributed by atoms with van der Waals surface area (Å²) in [5.74, 6) is 0.286. The van der Waals surface area contributed by atoms with Gasteiger partial charge < -0.3 is 5.32 Å². The van der Waals surface area contributed by atoms with Crippen LogP contribution < -0.4 is 10.6 Å². The number of rotatable bonds is 4. The van der Waals surface area contributed by atoms with Crippen LogP contribution in [-0.4, -0.2) is 36.5 Å². The molecule has 0 atom stereocenters. The fourth-order valence-electron chi connectivity index (χ4n) is 3.40. The van der Waals surface area contributed by atoms with Gasteiger partial charge in [0.1, 0.15) is 0 Å². The Labute approximate surface area is 154 Å². The zero-order chi connectivity index (χ0) is 18.4. The minimum Gasteiger partial charge on any atom is -0.308 e. The Kier molecular flexibility index (Phi) is 6.02. The largest absolute Gasteiger partial charge is 0.325 e. The monoisotopic (exact) mass is 351 g/mol. The van der Waals surface area contributed by atoms with Gasteiger partial charge in [0.2, 0.25) is 5.91 Å². The van der Waals surface area contributed by atoms with Crippen LogP contribution in [0.15, 0.2) is 54.6 Å². The first-order valence-corrected chi connectivity index (χ1v) is 9.05. The number of benzene rings is 2. The lowest BCUT2D eigenvalue weighted by atomic mass is 9.89. The van der Waals surface area contributed by atoms with Gasteiger partial charge in [0.15, 0.2) is 0 Å². The van der Waals surface area contributed by atoms with E-state index < -0.39 is 6.03 Å². The van der Waals surface area contributed by atoms with E-state index in [0.717, 1.165) is 31.5 Å². The molecule has 5 heteroatoms. The third kappa shape index (κ3) is 5.17. The first kappa shape index (κ1) is 18.1. The molecule has 26 heavy (non-hydrogen) atoms. The van der Waals surface area contributed by atoms with E-state index in [1.165, 1.54) is 5.56 Å². The second-order valence-corrected chi connectivity index (χ2v) is 6.83. The molecule has 0 aromatic heterocycles. The van der Waals surface area contributed by atoms with Crippen molar-refractivity contribution in [2.24, 2.45) is 0 Å². The Bertz CT molecular complexity index is 753. The van der Waals surface area contributed by atoms with Crippen molar-refractivity contribution in [3.8, 4) is 0 Å². The SMILES string of the molecule is Cc1cccc(NC(=O)NC(=O)CN2CCC(c3ccccc3)CC2)c1. The average molecular weight is 351 g/mol. The van der Waals surface area contributed by atoms with E-state index in [1.807, 2.05) is 31.2 Å². The van der Waals surface area contributed by atoms with Gasteiger partial charge in [0, 0.05) is 5.69 Å². The molecule has 2 aromatic carbocycles. The molecule has 1 heterocycles. The summed E-state index contributed by atoms with van der Waals surface area (Å²) in [5, 5.41) is 5.10. The molecule has 3 amide bonds. The van der Waals surface area contributed by atoms with E-state index in [2.05, 4.69) is 39.8 Å². The number of aryl methyl sites for hydroxylation is 1. The molecular weight excluding hydrogens is 326 g/mol. The minimum atomic E-state index is -0.486. The van der Waals surface area contributed by atoms with E-state index in [4.69, 9.17) is 0 Å². The van der Waals surface area contributed by atoms with E-state index in [1.54, 1.807) is 6.07 Å². The van der Waals surface area contributed by atoms with Crippen LogP contribution in [0.25, 0.3) is 0 Å². The summed E-state index contributed by atoms with van der Waals surface area (Å²) in [7, 11) is 0. The number of hydrogen-bond donors (Lipinski definition) is 2. The molecule has 0 unspecified atom stereocenters. The van der Waals surface area contributed by atoms with Crippen molar-refractivity contribution in [3.63, 3.8) is 0 Å². The highest BCUT2D eigenvalue weighted by atomic mass is 16.2. The molecule has 1 aliphatic rings. The summed E-state index contributed by atoms with van der Waals surface area (Å²) < 4.78 is 0. The zero-order valence-corrected chi connectivity index (χ0v) is 15.1. The third-order valence-electron chi connectivity index (χ3n) is 4.75. The van der Waals surface area contributed by atoms with Crippen molar-refractivity contribution in [3.05, 3.63) is 65.7 Å². The first-order valence-electron chi connectivity index (χ1n) is 9.05. The molecule has 1 fully saturated rings. The zero-order valence-electron chi connectivity index (χ0n) is 15.1. The summed E-state index contributed by atoms with van der Waals surface area (Å²) in [6.07, 6.45) is 2.07. The second-order valence-electron chi connectivity index (χ2n) is 6.83. The highest BCUT2D eigenvalue weighted by Gasteiger charge is 2.22. The fraction of sp³-hybridized carbons (Fsp3) is 0.333. The van der Waals surface area contributed by atoms with E-state index in [-0.39, 0.29) is 12.5 Å². The minimum absolute atomic E-state index is 0.253. The smallest absolute Gasteiger partial charge is 0.308 e. The van der Waals surface area contributed by atoms with Gasteiger partial charge >= 0.3 is 6.03 Å². The van der Waals surface area contributed by atoms with Gasteiger partial charge in [-0.1, -0.05) is 42.5 Å². The molecule has 2 N–H and O–H groups in total. The first-order chi connectivity index (χ1) is 12.6. The van der Waals surface area contributed by atoms with Crippen molar-refractivity contribution >= 4 is 17.6 Å². The summed E-state index contributed by atoms with van der Waals surface area (Å²) in [4.78, 5) is 26.2. The third-order valence-corrected chi connectivity index (χ3v) is 4.75. The van der Waals surface area contributed by atoms with Gasteiger partial charge in [0.05, 0.1) is 6.54 Å². The Morgan fingerprint density at radius 2 is 1.77 bits per heavy atom. The van der Waals surface area contributed by atoms with Crippen LogP contribution in [0.4, 0.5) is 10.5 Å². The van der Waals surface area contributed by atoms with Crippen LogP contribution in [0.1, 0.15) is 29.9 Å². The maximum absolute atomic E-state index is 12.1. The number of urea groups is 1. The molecule has 136 valence electrons. The molecular formula is C21H25N3O2. The number of piperidine rings is 1. The normalized spacial score (nSPS) is 15.4. The lowest BCUT2D eigenvalue weighted by Crippen LogP contribution is -2.44. The van der Waals surface area contributed by atoms with Crippen molar-refractivity contribution in [2.75, 3.05) is 25.0 Å². The molecule has 2 aromatic rings. The molecule has 1 saturated heterocycles. The number of imide groups is 1. The van der Waals surface area contributed by atoms with Gasteiger partial charge in [-0.15, -0.1) is 0 Å². The maximum atomic E-state index is 12.1. The molecule has 3 rings (SSSR count). The second kappa shape index (κ2) is 8.63. The Morgan fingerprint density at radius 1 is 1.04 bits per heavy atom. The average Bonchev–Trinajstić information content (AvgIpc) is 2.63. The number of nitrogens with one attached hydrogen (secondary N) is 2. The van der Waals surface area contributed by atoms with Crippen molar-refractivity contribution in [1.29, 1.82) is 0 Å². The fourth-order valence-corrected chi connectivity index (χ4v) is 3.40. The molecule has 5 nitrogen and oxygen atoms in total. The summed E-state index contributed by atoms with van der Waals surface area (Å²) in [6, 6.07) is 17.5. The number of hydrogen-bond acceptors (Lipinski definition) is 3. The highest BCUT2D eigenvalue weighted by molar-refractivity contribution is 6.01. The van der Waals surface area contributed by atoms with E-state index in [9.17, 15) is 9.59 Å². The van der Waals surface area contributed by atoms with Crippen LogP contribution in [-0.2, 0) is 4.79 Å². The predicted octanol–water partition coefficient (Wildman–Crippen LogP) is 3.52. The van der Waals surface area contributed by atoms with Gasteiger partial charge in [-0.05, 0) is 62.0 Å². The van der Waals surface area contributed by atoms with Crippen LogP contribution in [0.3, 0.4) is 0 Å². The van der Waals surface area contributed by atoms with Crippen LogP contribution in [0.5, 0.6) is 0 Å². The lowest BCUT2D eigenvalue weighted by Gasteiger charge is -2.31. The molecule has 0 radical (unpaired) electrons. The van der Waals surface area contributed by atoms with E-state index >= 15 is 0 Å². The number of carbonyl (C=O) groups is 2. The number of carbonyl (C=O) groups excluding carboxylic acids is 2. The van der Waals surface area contributed by atoms with Crippen LogP contribution >= 0.6 is 0 Å². The molecule has 0 spiro atoms. The van der Waals surface area contributed by atoms with Crippen molar-refractivity contribution in [1.82, 2.24) is 10.2 Å². The van der Waals surface area contributed by atoms with Gasteiger partial charge in [-0.3, -0.25) is 15.0 Å². The number of amides is 3. The van der Waals surface area contributed by atoms with Crippen molar-refractivity contribution < 1.29 is 9.59 Å². The molecule has 0 bridgehead atoms. The summed E-state index contributed by atoms with van der Waals surface area (Å²) >= 11 is 0. The lowest BCUT2D eigenvalue weighted by molar-refractivity contribution is -0.121. The number of likely N-dealkylation sites (tertiary alicyclic amines) is 1. The standard InChI is InChI=1S/C21H25N3O2/c1-16-6-5-9-19(14-16)22-21(26)23-20(25)15-24-12-10-18(11-13-24)17-7-3-2-4-8-17/h2-9,14,18H,10-13,15H2,1H3,(H2,22,23,25,26). The predicted molar refractivity (Wildman–Crippen MR) is 103 cm³/mol. The Hall–Kier alpha value is -2.66. The number of anilines is 1. The molecule has 0 aliphatic carbocycles. The maximum Gasteiger partial charge on any atom is 0.325 e.